The average molecular weight is 435 g/mol. The molecule has 0 amide bonds. The first kappa shape index (κ1) is 16.4. The molecule has 1 heterocycles. The molecule has 1 aromatic heterocycles. The van der Waals surface area contributed by atoms with Gasteiger partial charge < -0.3 is 5.73 Å². The van der Waals surface area contributed by atoms with Gasteiger partial charge in [0.05, 0.1) is 5.69 Å². The van der Waals surface area contributed by atoms with Crippen LogP contribution < -0.4 is 10.5 Å². The topological polar surface area (TPSA) is 85.1 Å². The van der Waals surface area contributed by atoms with E-state index in [9.17, 15) is 8.42 Å². The molecular weight excluding hydrogens is 422 g/mol. The summed E-state index contributed by atoms with van der Waals surface area (Å²) < 4.78 is 28.7. The summed E-state index contributed by atoms with van der Waals surface area (Å²) in [6.07, 6.45) is 0. The lowest BCUT2D eigenvalue weighted by Crippen LogP contribution is -2.15. The van der Waals surface area contributed by atoms with Crippen molar-refractivity contribution in [2.24, 2.45) is 5.73 Å². The number of anilines is 1. The monoisotopic (exact) mass is 433 g/mol. The van der Waals surface area contributed by atoms with Crippen molar-refractivity contribution in [1.29, 1.82) is 0 Å². The number of pyridine rings is 1. The number of rotatable bonds is 4. The molecule has 0 aliphatic carbocycles. The van der Waals surface area contributed by atoms with E-state index in [4.69, 9.17) is 5.73 Å². The Morgan fingerprint density at radius 2 is 1.86 bits per heavy atom. The number of aromatic nitrogens is 1. The Hall–Kier alpha value is -0.960. The molecule has 2 rings (SSSR count). The van der Waals surface area contributed by atoms with E-state index in [1.807, 2.05) is 0 Å². The molecule has 1 aromatic carbocycles. The summed E-state index contributed by atoms with van der Waals surface area (Å²) in [4.78, 5) is 4.31. The Morgan fingerprint density at radius 3 is 2.48 bits per heavy atom. The summed E-state index contributed by atoms with van der Waals surface area (Å²) in [5.74, 6) is 0.265. The smallest absolute Gasteiger partial charge is 0.264 e. The largest absolute Gasteiger partial charge is 0.326 e. The van der Waals surface area contributed by atoms with Crippen molar-refractivity contribution in [3.05, 3.63) is 50.5 Å². The molecule has 2 aromatic rings. The number of benzene rings is 1. The summed E-state index contributed by atoms with van der Waals surface area (Å²) in [6, 6.07) is 8.31. The van der Waals surface area contributed by atoms with Gasteiger partial charge in [-0.2, -0.15) is 0 Å². The van der Waals surface area contributed by atoms with Gasteiger partial charge in [0.25, 0.3) is 10.0 Å². The van der Waals surface area contributed by atoms with E-state index in [1.165, 1.54) is 6.07 Å². The van der Waals surface area contributed by atoms with Crippen molar-refractivity contribution in [1.82, 2.24) is 4.98 Å². The fourth-order valence-corrected chi connectivity index (χ4v) is 3.91. The van der Waals surface area contributed by atoms with E-state index >= 15 is 0 Å². The van der Waals surface area contributed by atoms with Gasteiger partial charge in [0.15, 0.2) is 0 Å². The minimum absolute atomic E-state index is 0.132. The number of sulfonamides is 1. The highest BCUT2D eigenvalue weighted by atomic mass is 79.9. The minimum Gasteiger partial charge on any atom is -0.326 e. The van der Waals surface area contributed by atoms with Gasteiger partial charge in [0.2, 0.25) is 0 Å². The normalized spacial score (nSPS) is 11.4. The van der Waals surface area contributed by atoms with Gasteiger partial charge in [-0.15, -0.1) is 0 Å². The van der Waals surface area contributed by atoms with E-state index in [0.29, 0.717) is 10.2 Å². The van der Waals surface area contributed by atoms with E-state index in [2.05, 4.69) is 41.6 Å². The zero-order chi connectivity index (χ0) is 15.6. The van der Waals surface area contributed by atoms with Crippen LogP contribution in [0.3, 0.4) is 0 Å². The second-order valence-electron chi connectivity index (χ2n) is 4.34. The molecule has 0 fully saturated rings. The molecule has 8 heteroatoms. The quantitative estimate of drug-likeness (QED) is 0.773. The number of aryl methyl sites for hydroxylation is 1. The number of nitrogens with zero attached hydrogens (tertiary/aromatic N) is 1. The zero-order valence-corrected chi connectivity index (χ0v) is 15.1. The van der Waals surface area contributed by atoms with Gasteiger partial charge in [0.1, 0.15) is 10.7 Å². The molecule has 112 valence electrons. The van der Waals surface area contributed by atoms with Crippen LogP contribution in [0, 0.1) is 6.92 Å². The molecule has 0 aliphatic heterocycles. The molecule has 0 spiro atoms. The van der Waals surface area contributed by atoms with Crippen LogP contribution in [0.2, 0.25) is 0 Å². The van der Waals surface area contributed by atoms with Crippen molar-refractivity contribution in [3.63, 3.8) is 0 Å². The van der Waals surface area contributed by atoms with Gasteiger partial charge >= 0.3 is 0 Å². The molecular formula is C13H13Br2N3O2S. The zero-order valence-electron chi connectivity index (χ0n) is 11.1. The van der Waals surface area contributed by atoms with Crippen molar-refractivity contribution >= 4 is 47.7 Å². The van der Waals surface area contributed by atoms with Crippen LogP contribution >= 0.6 is 31.9 Å². The maximum atomic E-state index is 12.5. The predicted octanol–water partition coefficient (Wildman–Crippen LogP) is 3.17. The molecule has 0 saturated carbocycles. The first-order valence-electron chi connectivity index (χ1n) is 5.98. The second kappa shape index (κ2) is 6.43. The summed E-state index contributed by atoms with van der Waals surface area (Å²) in [5, 5.41) is 0. The summed E-state index contributed by atoms with van der Waals surface area (Å²) in [5.41, 5.74) is 6.99. The molecule has 0 bridgehead atoms. The average Bonchev–Trinajstić information content (AvgIpc) is 2.43. The Balaban J connectivity index is 2.40. The lowest BCUT2D eigenvalue weighted by atomic mass is 10.2. The second-order valence-corrected chi connectivity index (χ2v) is 7.70. The number of hydrogen-bond donors (Lipinski definition) is 2. The molecule has 0 unspecified atom stereocenters. The third-order valence-corrected chi connectivity index (χ3v) is 5.97. The Bertz CT molecular complexity index is 779. The maximum absolute atomic E-state index is 12.5. The molecule has 0 saturated heterocycles. The van der Waals surface area contributed by atoms with Crippen LogP contribution in [0.15, 0.2) is 44.2 Å². The van der Waals surface area contributed by atoms with Gasteiger partial charge in [-0.05, 0) is 68.6 Å². The van der Waals surface area contributed by atoms with Crippen LogP contribution in [-0.4, -0.2) is 13.4 Å². The highest BCUT2D eigenvalue weighted by Crippen LogP contribution is 2.25. The van der Waals surface area contributed by atoms with Gasteiger partial charge in [-0.3, -0.25) is 4.72 Å². The standard InChI is InChI=1S/C13H13Br2N3O2S/c1-8-10(14)4-5-13(17-8)18-21(19,20)12-6-9(7-16)2-3-11(12)15/h2-6H,7,16H2,1H3,(H,17,18). The molecule has 3 N–H and O–H groups in total. The maximum Gasteiger partial charge on any atom is 0.264 e. The van der Waals surface area contributed by atoms with Crippen LogP contribution in [0.5, 0.6) is 0 Å². The first-order chi connectivity index (χ1) is 9.83. The summed E-state index contributed by atoms with van der Waals surface area (Å²) >= 11 is 6.57. The predicted molar refractivity (Wildman–Crippen MR) is 89.5 cm³/mol. The van der Waals surface area contributed by atoms with Crippen LogP contribution in [0.4, 0.5) is 5.82 Å². The molecule has 0 radical (unpaired) electrons. The number of hydrogen-bond acceptors (Lipinski definition) is 4. The Labute approximate surface area is 140 Å². The van der Waals surface area contributed by atoms with Crippen molar-refractivity contribution in [2.75, 3.05) is 4.72 Å². The Kier molecular flexibility index (Phi) is 5.03. The third-order valence-electron chi connectivity index (χ3n) is 2.78. The Morgan fingerprint density at radius 1 is 1.19 bits per heavy atom. The van der Waals surface area contributed by atoms with Gasteiger partial charge in [-0.25, -0.2) is 13.4 Å². The van der Waals surface area contributed by atoms with Crippen molar-refractivity contribution in [3.8, 4) is 0 Å². The summed E-state index contributed by atoms with van der Waals surface area (Å²) in [7, 11) is -3.74. The SMILES string of the molecule is Cc1nc(NS(=O)(=O)c2cc(CN)ccc2Br)ccc1Br. The van der Waals surface area contributed by atoms with Crippen molar-refractivity contribution < 1.29 is 8.42 Å². The lowest BCUT2D eigenvalue weighted by Gasteiger charge is -2.11. The van der Waals surface area contributed by atoms with Crippen LogP contribution in [0.25, 0.3) is 0 Å². The molecule has 0 atom stereocenters. The van der Waals surface area contributed by atoms with Crippen LogP contribution in [0.1, 0.15) is 11.3 Å². The minimum atomic E-state index is -3.74. The molecule has 21 heavy (non-hydrogen) atoms. The summed E-state index contributed by atoms with van der Waals surface area (Å²) in [6.45, 7) is 2.05. The van der Waals surface area contributed by atoms with E-state index in [1.54, 1.807) is 31.2 Å². The fourth-order valence-electron chi connectivity index (χ4n) is 1.67. The number of halogens is 2. The lowest BCUT2D eigenvalue weighted by molar-refractivity contribution is 0.600. The molecule has 0 aliphatic rings. The highest BCUT2D eigenvalue weighted by molar-refractivity contribution is 9.10. The van der Waals surface area contributed by atoms with E-state index in [-0.39, 0.29) is 17.3 Å². The number of nitrogens with one attached hydrogen (secondary N) is 1. The van der Waals surface area contributed by atoms with E-state index < -0.39 is 10.0 Å². The highest BCUT2D eigenvalue weighted by Gasteiger charge is 2.19. The number of nitrogens with two attached hydrogens (primary N) is 1. The van der Waals surface area contributed by atoms with Crippen molar-refractivity contribution in [2.45, 2.75) is 18.4 Å². The van der Waals surface area contributed by atoms with E-state index in [0.717, 1.165) is 10.0 Å². The van der Waals surface area contributed by atoms with Crippen LogP contribution in [-0.2, 0) is 16.6 Å². The fraction of sp³-hybridized carbons (Fsp3) is 0.154. The van der Waals surface area contributed by atoms with Gasteiger partial charge in [-0.1, -0.05) is 6.07 Å². The van der Waals surface area contributed by atoms with Gasteiger partial charge in [0, 0.05) is 15.5 Å². The molecule has 5 nitrogen and oxygen atoms in total. The first-order valence-corrected chi connectivity index (χ1v) is 9.05. The third kappa shape index (κ3) is 3.82.